The molecule has 0 unspecified atom stereocenters. The average molecular weight is 342 g/mol. The molecule has 0 aliphatic rings. The molecule has 0 spiro atoms. The summed E-state index contributed by atoms with van der Waals surface area (Å²) in [7, 11) is 1.93. The highest BCUT2D eigenvalue weighted by molar-refractivity contribution is 5.94. The van der Waals surface area contributed by atoms with E-state index in [1.807, 2.05) is 31.0 Å². The molecular formula is C21H30N2O2. The van der Waals surface area contributed by atoms with Gasteiger partial charge in [0.05, 0.1) is 13.1 Å². The van der Waals surface area contributed by atoms with Crippen LogP contribution in [0.2, 0.25) is 0 Å². The van der Waals surface area contributed by atoms with Crippen molar-refractivity contribution in [1.29, 1.82) is 0 Å². The minimum atomic E-state index is 0.000720. The number of anilines is 1. The lowest BCUT2D eigenvalue weighted by Crippen LogP contribution is -2.30. The summed E-state index contributed by atoms with van der Waals surface area (Å²) in [6.45, 7) is 11.5. The highest BCUT2D eigenvalue weighted by Crippen LogP contribution is 2.32. The first-order valence-electron chi connectivity index (χ1n) is 8.94. The first kappa shape index (κ1) is 19.3. The molecule has 2 rings (SSSR count). The molecule has 0 fully saturated rings. The second-order valence-electron chi connectivity index (χ2n) is 7.35. The molecule has 1 aromatic carbocycles. The molecule has 4 nitrogen and oxygen atoms in total. The zero-order chi connectivity index (χ0) is 18.6. The van der Waals surface area contributed by atoms with Crippen molar-refractivity contribution in [3.8, 4) is 0 Å². The zero-order valence-electron chi connectivity index (χ0n) is 16.2. The molecule has 0 radical (unpaired) electrons. The minimum Gasteiger partial charge on any atom is -0.465 e. The fourth-order valence-electron chi connectivity index (χ4n) is 3.01. The Kier molecular flexibility index (Phi) is 6.43. The van der Waals surface area contributed by atoms with Gasteiger partial charge in [0, 0.05) is 5.69 Å². The Morgan fingerprint density at radius 3 is 2.16 bits per heavy atom. The van der Waals surface area contributed by atoms with Gasteiger partial charge in [-0.2, -0.15) is 0 Å². The van der Waals surface area contributed by atoms with Gasteiger partial charge >= 0.3 is 0 Å². The molecule has 0 bridgehead atoms. The van der Waals surface area contributed by atoms with Gasteiger partial charge in [0.25, 0.3) is 0 Å². The van der Waals surface area contributed by atoms with Crippen LogP contribution in [0.3, 0.4) is 0 Å². The maximum atomic E-state index is 12.6. The summed E-state index contributed by atoms with van der Waals surface area (Å²) in [6, 6.07) is 10.2. The summed E-state index contributed by atoms with van der Waals surface area (Å²) < 4.78 is 5.58. The van der Waals surface area contributed by atoms with Crippen molar-refractivity contribution in [2.75, 3.05) is 18.9 Å². The Morgan fingerprint density at radius 1 is 1.08 bits per heavy atom. The molecular weight excluding hydrogens is 312 g/mol. The summed E-state index contributed by atoms with van der Waals surface area (Å²) in [5, 5.41) is 3.15. The van der Waals surface area contributed by atoms with Gasteiger partial charge in [0.1, 0.15) is 11.5 Å². The van der Waals surface area contributed by atoms with Crippen molar-refractivity contribution in [3.63, 3.8) is 0 Å². The van der Waals surface area contributed by atoms with Crippen molar-refractivity contribution < 1.29 is 9.21 Å². The normalized spacial score (nSPS) is 11.6. The number of rotatable bonds is 7. The summed E-state index contributed by atoms with van der Waals surface area (Å²) >= 11 is 0. The summed E-state index contributed by atoms with van der Waals surface area (Å²) in [6.07, 6.45) is 0. The van der Waals surface area contributed by atoms with Gasteiger partial charge in [-0.05, 0) is 49.1 Å². The molecule has 0 atom stereocenters. The topological polar surface area (TPSA) is 45.5 Å². The highest BCUT2D eigenvalue weighted by atomic mass is 16.3. The maximum absolute atomic E-state index is 12.6. The lowest BCUT2D eigenvalue weighted by Gasteiger charge is -2.21. The van der Waals surface area contributed by atoms with Gasteiger partial charge in [-0.1, -0.05) is 45.9 Å². The molecule has 0 saturated heterocycles. The third-order valence-corrected chi connectivity index (χ3v) is 4.27. The van der Waals surface area contributed by atoms with E-state index in [2.05, 4.69) is 51.2 Å². The van der Waals surface area contributed by atoms with Crippen LogP contribution in [-0.2, 0) is 11.3 Å². The van der Waals surface area contributed by atoms with Gasteiger partial charge < -0.3 is 9.73 Å². The SMILES string of the molecule is Cc1ccc(CN(C)CC(=O)Nc2c(C(C)C)cccc2C(C)C)o1. The smallest absolute Gasteiger partial charge is 0.238 e. The fourth-order valence-corrected chi connectivity index (χ4v) is 3.01. The molecule has 1 N–H and O–H groups in total. The molecule has 0 aliphatic carbocycles. The van der Waals surface area contributed by atoms with Gasteiger partial charge in [-0.25, -0.2) is 0 Å². The molecule has 1 aromatic heterocycles. The largest absolute Gasteiger partial charge is 0.465 e. The van der Waals surface area contributed by atoms with Crippen LogP contribution in [0.15, 0.2) is 34.7 Å². The van der Waals surface area contributed by atoms with Crippen molar-refractivity contribution >= 4 is 11.6 Å². The van der Waals surface area contributed by atoms with Gasteiger partial charge in [0.15, 0.2) is 0 Å². The molecule has 1 amide bonds. The number of likely N-dealkylation sites (N-methyl/N-ethyl adjacent to an activating group) is 1. The molecule has 0 saturated carbocycles. The van der Waals surface area contributed by atoms with E-state index in [-0.39, 0.29) is 5.91 Å². The fraction of sp³-hybridized carbons (Fsp3) is 0.476. The zero-order valence-corrected chi connectivity index (χ0v) is 16.2. The Hall–Kier alpha value is -2.07. The van der Waals surface area contributed by atoms with E-state index in [0.29, 0.717) is 24.9 Å². The highest BCUT2D eigenvalue weighted by Gasteiger charge is 2.17. The Balaban J connectivity index is 2.09. The van der Waals surface area contributed by atoms with E-state index in [4.69, 9.17) is 4.42 Å². The molecule has 136 valence electrons. The van der Waals surface area contributed by atoms with Crippen LogP contribution in [0.4, 0.5) is 5.69 Å². The Labute approximate surface area is 151 Å². The Bertz CT molecular complexity index is 690. The van der Waals surface area contributed by atoms with Crippen LogP contribution >= 0.6 is 0 Å². The van der Waals surface area contributed by atoms with Crippen LogP contribution in [0, 0.1) is 6.92 Å². The number of furan rings is 1. The summed E-state index contributed by atoms with van der Waals surface area (Å²) in [5.74, 6) is 2.48. The van der Waals surface area contributed by atoms with Crippen molar-refractivity contribution in [2.24, 2.45) is 0 Å². The van der Waals surface area contributed by atoms with Crippen LogP contribution in [0.5, 0.6) is 0 Å². The molecule has 4 heteroatoms. The number of benzene rings is 1. The predicted molar refractivity (Wildman–Crippen MR) is 103 cm³/mol. The maximum Gasteiger partial charge on any atom is 0.238 e. The van der Waals surface area contributed by atoms with Gasteiger partial charge in [-0.15, -0.1) is 0 Å². The number of nitrogens with zero attached hydrogens (tertiary/aromatic N) is 1. The molecule has 25 heavy (non-hydrogen) atoms. The van der Waals surface area contributed by atoms with Crippen molar-refractivity contribution in [2.45, 2.75) is 53.0 Å². The van der Waals surface area contributed by atoms with Crippen LogP contribution in [0.1, 0.15) is 62.2 Å². The van der Waals surface area contributed by atoms with E-state index in [1.54, 1.807) is 0 Å². The number of hydrogen-bond acceptors (Lipinski definition) is 3. The minimum absolute atomic E-state index is 0.000720. The number of carbonyl (C=O) groups excluding carboxylic acids is 1. The van der Waals surface area contributed by atoms with Crippen LogP contribution in [-0.4, -0.2) is 24.4 Å². The summed E-state index contributed by atoms with van der Waals surface area (Å²) in [4.78, 5) is 14.5. The molecule has 1 heterocycles. The standard InChI is InChI=1S/C21H30N2O2/c1-14(2)18-8-7-9-19(15(3)4)21(18)22-20(24)13-23(6)12-17-11-10-16(5)25-17/h7-11,14-15H,12-13H2,1-6H3,(H,22,24). The van der Waals surface area contributed by atoms with Crippen LogP contribution in [0.25, 0.3) is 0 Å². The quantitative estimate of drug-likeness (QED) is 0.778. The lowest BCUT2D eigenvalue weighted by atomic mass is 9.92. The summed E-state index contributed by atoms with van der Waals surface area (Å²) in [5.41, 5.74) is 3.34. The number of hydrogen-bond donors (Lipinski definition) is 1. The first-order chi connectivity index (χ1) is 11.8. The number of carbonyl (C=O) groups is 1. The number of aryl methyl sites for hydroxylation is 1. The third kappa shape index (κ3) is 5.20. The number of para-hydroxylation sites is 1. The lowest BCUT2D eigenvalue weighted by molar-refractivity contribution is -0.117. The molecule has 2 aromatic rings. The van der Waals surface area contributed by atoms with Crippen molar-refractivity contribution in [1.82, 2.24) is 4.90 Å². The Morgan fingerprint density at radius 2 is 1.68 bits per heavy atom. The van der Waals surface area contributed by atoms with E-state index in [9.17, 15) is 4.79 Å². The van der Waals surface area contributed by atoms with Gasteiger partial charge in [-0.3, -0.25) is 9.69 Å². The van der Waals surface area contributed by atoms with Crippen LogP contribution < -0.4 is 5.32 Å². The second-order valence-corrected chi connectivity index (χ2v) is 7.35. The van der Waals surface area contributed by atoms with E-state index in [0.717, 1.165) is 17.2 Å². The van der Waals surface area contributed by atoms with Gasteiger partial charge in [0.2, 0.25) is 5.91 Å². The monoisotopic (exact) mass is 342 g/mol. The first-order valence-corrected chi connectivity index (χ1v) is 8.94. The van der Waals surface area contributed by atoms with E-state index < -0.39 is 0 Å². The van der Waals surface area contributed by atoms with E-state index in [1.165, 1.54) is 11.1 Å². The van der Waals surface area contributed by atoms with E-state index >= 15 is 0 Å². The number of nitrogens with one attached hydrogen (secondary N) is 1. The third-order valence-electron chi connectivity index (χ3n) is 4.27. The second kappa shape index (κ2) is 8.34. The molecule has 0 aliphatic heterocycles. The number of amides is 1. The average Bonchev–Trinajstić information content (AvgIpc) is 2.91. The predicted octanol–water partition coefficient (Wildman–Crippen LogP) is 4.91. The van der Waals surface area contributed by atoms with Crippen molar-refractivity contribution in [3.05, 3.63) is 53.0 Å².